The van der Waals surface area contributed by atoms with Crippen LogP contribution in [0.3, 0.4) is 0 Å². The Balaban J connectivity index is 2.50. The summed E-state index contributed by atoms with van der Waals surface area (Å²) >= 11 is 0. The molecule has 1 atom stereocenters. The molecule has 0 unspecified atom stereocenters. The van der Waals surface area contributed by atoms with Crippen molar-refractivity contribution in [2.45, 2.75) is 13.1 Å². The van der Waals surface area contributed by atoms with Crippen LogP contribution >= 0.6 is 0 Å². The molecule has 4 nitrogen and oxygen atoms in total. The van der Waals surface area contributed by atoms with Gasteiger partial charge in [0, 0.05) is 12.1 Å². The minimum atomic E-state index is -0.856. The van der Waals surface area contributed by atoms with E-state index in [9.17, 15) is 4.79 Å². The lowest BCUT2D eigenvalue weighted by molar-refractivity contribution is -0.119. The van der Waals surface area contributed by atoms with E-state index in [0.717, 1.165) is 16.7 Å². The monoisotopic (exact) mass is 269 g/mol. The first-order chi connectivity index (χ1) is 9.63. The third-order valence-corrected chi connectivity index (χ3v) is 3.28. The number of aliphatic imine (C=N–C) groups is 1. The van der Waals surface area contributed by atoms with Crippen molar-refractivity contribution in [3.05, 3.63) is 59.7 Å². The molecule has 0 fully saturated rings. The van der Waals surface area contributed by atoms with Crippen LogP contribution in [0.5, 0.6) is 0 Å². The van der Waals surface area contributed by atoms with Crippen LogP contribution in [-0.4, -0.2) is 30.8 Å². The highest BCUT2D eigenvalue weighted by molar-refractivity contribution is 6.15. The van der Waals surface area contributed by atoms with Gasteiger partial charge in [0.15, 0.2) is 11.9 Å². The summed E-state index contributed by atoms with van der Waals surface area (Å²) in [7, 11) is 0. The smallest absolute Gasteiger partial charge is 0.185 e. The van der Waals surface area contributed by atoms with Gasteiger partial charge in [-0.3, -0.25) is 9.79 Å². The van der Waals surface area contributed by atoms with Crippen molar-refractivity contribution in [1.82, 2.24) is 5.32 Å². The fraction of sp³-hybridized carbons (Fsp3) is 0.250. The molecule has 1 aromatic rings. The topological polar surface area (TPSA) is 67.5 Å². The van der Waals surface area contributed by atoms with Crippen molar-refractivity contribution in [1.29, 1.82) is 0 Å². The highest BCUT2D eigenvalue weighted by Gasteiger charge is 2.19. The Morgan fingerprint density at radius 2 is 2.05 bits per heavy atom. The first-order valence-electron chi connectivity index (χ1n) is 6.60. The predicted octanol–water partition coefficient (Wildman–Crippen LogP) is 1.44. The quantitative estimate of drug-likeness (QED) is 0.810. The standard InChI is InChI=1S/C16H19N3O/c1-3-12-9-18-10-14(20)16(17)19-15(11(12)2)13-7-5-4-6-8-13/h3-8,16,18H,2,9-10,17H2,1H3/b12-3-,19-15?/t16-/m0/s1. The maximum Gasteiger partial charge on any atom is 0.185 e. The summed E-state index contributed by atoms with van der Waals surface area (Å²) in [5.41, 5.74) is 9.28. The fourth-order valence-electron chi connectivity index (χ4n) is 2.09. The van der Waals surface area contributed by atoms with Gasteiger partial charge in [-0.1, -0.05) is 43.0 Å². The average Bonchev–Trinajstić information content (AvgIpc) is 2.52. The van der Waals surface area contributed by atoms with Gasteiger partial charge in [0.1, 0.15) is 0 Å². The molecule has 1 aliphatic heterocycles. The largest absolute Gasteiger partial charge is 0.306 e. The number of hydrogen-bond acceptors (Lipinski definition) is 4. The van der Waals surface area contributed by atoms with Crippen LogP contribution in [0, 0.1) is 0 Å². The van der Waals surface area contributed by atoms with E-state index in [1.54, 1.807) is 0 Å². The van der Waals surface area contributed by atoms with Crippen LogP contribution < -0.4 is 11.1 Å². The Kier molecular flexibility index (Phi) is 4.61. The lowest BCUT2D eigenvalue weighted by Crippen LogP contribution is -2.36. The molecule has 0 saturated carbocycles. The van der Waals surface area contributed by atoms with Crippen LogP contribution in [0.2, 0.25) is 0 Å². The van der Waals surface area contributed by atoms with Crippen molar-refractivity contribution >= 4 is 11.5 Å². The average molecular weight is 269 g/mol. The van der Waals surface area contributed by atoms with E-state index in [1.165, 1.54) is 0 Å². The second-order valence-electron chi connectivity index (χ2n) is 4.65. The second-order valence-corrected chi connectivity index (χ2v) is 4.65. The van der Waals surface area contributed by atoms with Crippen molar-refractivity contribution in [3.63, 3.8) is 0 Å². The van der Waals surface area contributed by atoms with Crippen molar-refractivity contribution < 1.29 is 4.79 Å². The van der Waals surface area contributed by atoms with Crippen LogP contribution in [0.25, 0.3) is 0 Å². The number of Topliss-reactive ketones (excluding diaryl/α,β-unsaturated/α-hetero) is 1. The lowest BCUT2D eigenvalue weighted by atomic mass is 9.97. The molecule has 3 N–H and O–H groups in total. The molecule has 1 heterocycles. The molecule has 20 heavy (non-hydrogen) atoms. The summed E-state index contributed by atoms with van der Waals surface area (Å²) in [4.78, 5) is 16.2. The molecule has 1 aliphatic rings. The fourth-order valence-corrected chi connectivity index (χ4v) is 2.09. The van der Waals surface area contributed by atoms with Gasteiger partial charge in [-0.2, -0.15) is 0 Å². The summed E-state index contributed by atoms with van der Waals surface area (Å²) in [6.07, 6.45) is 1.13. The number of nitrogens with one attached hydrogen (secondary N) is 1. The zero-order valence-electron chi connectivity index (χ0n) is 11.6. The SMILES string of the molecule is C=C1C(c2ccccc2)=N[C@H](N)C(=O)CNC/C1=C/C. The van der Waals surface area contributed by atoms with Gasteiger partial charge in [-0.15, -0.1) is 0 Å². The highest BCUT2D eigenvalue weighted by atomic mass is 16.1. The van der Waals surface area contributed by atoms with E-state index in [2.05, 4.69) is 16.9 Å². The molecule has 0 saturated heterocycles. The molecule has 104 valence electrons. The maximum atomic E-state index is 11.9. The number of hydrogen-bond donors (Lipinski definition) is 2. The zero-order valence-corrected chi connectivity index (χ0v) is 11.6. The molecular weight excluding hydrogens is 250 g/mol. The predicted molar refractivity (Wildman–Crippen MR) is 81.7 cm³/mol. The van der Waals surface area contributed by atoms with Gasteiger partial charge >= 0.3 is 0 Å². The first kappa shape index (κ1) is 14.4. The number of nitrogens with two attached hydrogens (primary N) is 1. The molecule has 0 aliphatic carbocycles. The summed E-state index contributed by atoms with van der Waals surface area (Å²) in [5, 5.41) is 3.08. The number of benzene rings is 1. The summed E-state index contributed by atoms with van der Waals surface area (Å²) in [6.45, 7) is 6.87. The highest BCUT2D eigenvalue weighted by Crippen LogP contribution is 2.17. The van der Waals surface area contributed by atoms with E-state index in [-0.39, 0.29) is 12.3 Å². The molecule has 2 rings (SSSR count). The third-order valence-electron chi connectivity index (χ3n) is 3.28. The summed E-state index contributed by atoms with van der Waals surface area (Å²) in [5.74, 6) is -0.122. The van der Waals surface area contributed by atoms with E-state index in [0.29, 0.717) is 12.3 Å². The van der Waals surface area contributed by atoms with Crippen molar-refractivity contribution in [3.8, 4) is 0 Å². The maximum absolute atomic E-state index is 11.9. The molecule has 0 spiro atoms. The van der Waals surface area contributed by atoms with Gasteiger partial charge in [0.2, 0.25) is 0 Å². The number of nitrogens with zero attached hydrogens (tertiary/aromatic N) is 1. The molecule has 0 radical (unpaired) electrons. The number of carbonyl (C=O) groups is 1. The molecule has 0 amide bonds. The third kappa shape index (κ3) is 3.10. The number of rotatable bonds is 1. The number of carbonyl (C=O) groups excluding carboxylic acids is 1. The minimum Gasteiger partial charge on any atom is -0.306 e. The number of ketones is 1. The van der Waals surface area contributed by atoms with Crippen LogP contribution in [-0.2, 0) is 4.79 Å². The first-order valence-corrected chi connectivity index (χ1v) is 6.60. The molecule has 0 aromatic heterocycles. The van der Waals surface area contributed by atoms with E-state index in [4.69, 9.17) is 5.73 Å². The van der Waals surface area contributed by atoms with Gasteiger partial charge in [0.25, 0.3) is 0 Å². The Bertz CT molecular complexity index is 573. The summed E-state index contributed by atoms with van der Waals surface area (Å²) < 4.78 is 0. The molecule has 4 heteroatoms. The Hall–Kier alpha value is -2.04. The van der Waals surface area contributed by atoms with Gasteiger partial charge in [-0.05, 0) is 18.1 Å². The van der Waals surface area contributed by atoms with Gasteiger partial charge in [-0.25, -0.2) is 0 Å². The Morgan fingerprint density at radius 3 is 2.70 bits per heavy atom. The van der Waals surface area contributed by atoms with E-state index >= 15 is 0 Å². The number of allylic oxidation sites excluding steroid dienone is 1. The Morgan fingerprint density at radius 1 is 1.35 bits per heavy atom. The normalized spacial score (nSPS) is 23.0. The van der Waals surface area contributed by atoms with Gasteiger partial charge < -0.3 is 11.1 Å². The van der Waals surface area contributed by atoms with Crippen molar-refractivity contribution in [2.75, 3.05) is 13.1 Å². The lowest BCUT2D eigenvalue weighted by Gasteiger charge is -2.13. The zero-order chi connectivity index (χ0) is 14.5. The van der Waals surface area contributed by atoms with Gasteiger partial charge in [0.05, 0.1) is 12.3 Å². The van der Waals surface area contributed by atoms with E-state index in [1.807, 2.05) is 43.3 Å². The summed E-state index contributed by atoms with van der Waals surface area (Å²) in [6, 6.07) is 9.68. The van der Waals surface area contributed by atoms with E-state index < -0.39 is 6.17 Å². The van der Waals surface area contributed by atoms with Crippen LogP contribution in [0.15, 0.2) is 59.1 Å². The Labute approximate surface area is 119 Å². The molecule has 0 bridgehead atoms. The molecular formula is C16H19N3O. The van der Waals surface area contributed by atoms with Crippen LogP contribution in [0.4, 0.5) is 0 Å². The second kappa shape index (κ2) is 6.41. The molecule has 1 aromatic carbocycles. The minimum absolute atomic E-state index is 0.122. The van der Waals surface area contributed by atoms with Crippen molar-refractivity contribution in [2.24, 2.45) is 10.7 Å². The van der Waals surface area contributed by atoms with Crippen LogP contribution in [0.1, 0.15) is 12.5 Å².